The summed E-state index contributed by atoms with van der Waals surface area (Å²) in [6.45, 7) is -0.455. The molecular weight excluding hydrogens is 176 g/mol. The molecule has 0 spiro atoms. The standard InChI is InChI=1S/C8H12O5/c1-2-4-6(10)8(12)7(11)5(3-9)13-4/h1,4-12H,3H2/t4-,5?,6?,7?,8?/m1/s1. The van der Waals surface area contributed by atoms with Crippen LogP contribution in [0.3, 0.4) is 0 Å². The van der Waals surface area contributed by atoms with Gasteiger partial charge in [0.05, 0.1) is 6.61 Å². The zero-order chi connectivity index (χ0) is 10.0. The Hall–Kier alpha value is -0.640. The topological polar surface area (TPSA) is 90.2 Å². The first kappa shape index (κ1) is 10.4. The Balaban J connectivity index is 2.73. The van der Waals surface area contributed by atoms with Crippen LogP contribution in [0.1, 0.15) is 0 Å². The second-order valence-corrected chi connectivity index (χ2v) is 2.92. The molecule has 0 saturated carbocycles. The number of hydrogen-bond donors (Lipinski definition) is 4. The lowest BCUT2D eigenvalue weighted by atomic mass is 9.96. The second-order valence-electron chi connectivity index (χ2n) is 2.92. The van der Waals surface area contributed by atoms with Crippen molar-refractivity contribution in [1.29, 1.82) is 0 Å². The molecule has 1 heterocycles. The zero-order valence-corrected chi connectivity index (χ0v) is 6.87. The van der Waals surface area contributed by atoms with Gasteiger partial charge in [0.2, 0.25) is 0 Å². The third-order valence-corrected chi connectivity index (χ3v) is 2.06. The monoisotopic (exact) mass is 188 g/mol. The first-order valence-electron chi connectivity index (χ1n) is 3.88. The van der Waals surface area contributed by atoms with Gasteiger partial charge in [-0.05, 0) is 0 Å². The molecule has 0 radical (unpaired) electrons. The van der Waals surface area contributed by atoms with Crippen molar-refractivity contribution in [1.82, 2.24) is 0 Å². The van der Waals surface area contributed by atoms with Crippen LogP contribution in [-0.2, 0) is 4.74 Å². The normalized spacial score (nSPS) is 45.6. The van der Waals surface area contributed by atoms with Gasteiger partial charge in [0.25, 0.3) is 0 Å². The molecule has 1 aliphatic rings. The molecule has 1 rings (SSSR count). The van der Waals surface area contributed by atoms with Gasteiger partial charge in [0.1, 0.15) is 30.5 Å². The molecular formula is C8H12O5. The van der Waals surface area contributed by atoms with E-state index in [9.17, 15) is 15.3 Å². The number of hydrogen-bond acceptors (Lipinski definition) is 5. The number of terminal acetylenes is 1. The molecule has 1 saturated heterocycles. The zero-order valence-electron chi connectivity index (χ0n) is 6.87. The minimum atomic E-state index is -1.38. The molecule has 74 valence electrons. The van der Waals surface area contributed by atoms with E-state index in [0.717, 1.165) is 0 Å². The summed E-state index contributed by atoms with van der Waals surface area (Å²) >= 11 is 0. The van der Waals surface area contributed by atoms with Gasteiger partial charge in [0.15, 0.2) is 0 Å². The van der Waals surface area contributed by atoms with Gasteiger partial charge in [-0.15, -0.1) is 6.42 Å². The van der Waals surface area contributed by atoms with E-state index in [4.69, 9.17) is 16.3 Å². The summed E-state index contributed by atoms with van der Waals surface area (Å²) in [4.78, 5) is 0. The van der Waals surface area contributed by atoms with Crippen molar-refractivity contribution in [2.75, 3.05) is 6.61 Å². The molecule has 13 heavy (non-hydrogen) atoms. The fraction of sp³-hybridized carbons (Fsp3) is 0.750. The van der Waals surface area contributed by atoms with Gasteiger partial charge >= 0.3 is 0 Å². The van der Waals surface area contributed by atoms with Crippen molar-refractivity contribution in [3.8, 4) is 12.3 Å². The summed E-state index contributed by atoms with van der Waals surface area (Å²) in [5.41, 5.74) is 0. The molecule has 0 aromatic heterocycles. The lowest BCUT2D eigenvalue weighted by Crippen LogP contribution is -2.58. The summed E-state index contributed by atoms with van der Waals surface area (Å²) in [6, 6.07) is 0. The minimum Gasteiger partial charge on any atom is -0.394 e. The fourth-order valence-corrected chi connectivity index (χ4v) is 1.24. The molecule has 4 N–H and O–H groups in total. The molecule has 0 aromatic carbocycles. The summed E-state index contributed by atoms with van der Waals surface area (Å²) < 4.78 is 4.93. The first-order valence-corrected chi connectivity index (χ1v) is 3.88. The lowest BCUT2D eigenvalue weighted by Gasteiger charge is -2.37. The van der Waals surface area contributed by atoms with Crippen molar-refractivity contribution in [2.45, 2.75) is 30.5 Å². The maximum absolute atomic E-state index is 9.26. The highest BCUT2D eigenvalue weighted by atomic mass is 16.5. The third kappa shape index (κ3) is 1.82. The molecule has 1 aliphatic heterocycles. The summed E-state index contributed by atoms with van der Waals surface area (Å²) in [6.07, 6.45) is -0.941. The lowest BCUT2D eigenvalue weighted by molar-refractivity contribution is -0.214. The van der Waals surface area contributed by atoms with Gasteiger partial charge in [-0.1, -0.05) is 5.92 Å². The highest BCUT2D eigenvalue weighted by molar-refractivity contribution is 5.05. The molecule has 5 nitrogen and oxygen atoms in total. The van der Waals surface area contributed by atoms with Crippen LogP contribution >= 0.6 is 0 Å². The molecule has 0 bridgehead atoms. The minimum absolute atomic E-state index is 0.455. The average Bonchev–Trinajstić information content (AvgIpc) is 2.15. The smallest absolute Gasteiger partial charge is 0.146 e. The van der Waals surface area contributed by atoms with E-state index in [0.29, 0.717) is 0 Å². The van der Waals surface area contributed by atoms with Gasteiger partial charge < -0.3 is 25.2 Å². The molecule has 0 aromatic rings. The van der Waals surface area contributed by atoms with E-state index in [1.807, 2.05) is 0 Å². The largest absolute Gasteiger partial charge is 0.394 e. The van der Waals surface area contributed by atoms with Crippen LogP contribution in [0.25, 0.3) is 0 Å². The van der Waals surface area contributed by atoms with E-state index < -0.39 is 37.1 Å². The van der Waals surface area contributed by atoms with Crippen LogP contribution in [-0.4, -0.2) is 57.6 Å². The van der Waals surface area contributed by atoms with Gasteiger partial charge in [-0.3, -0.25) is 0 Å². The van der Waals surface area contributed by atoms with Crippen LogP contribution in [0.4, 0.5) is 0 Å². The number of ether oxygens (including phenoxy) is 1. The SMILES string of the molecule is C#C[C@H]1OC(CO)C(O)C(O)C1O. The Labute approximate surface area is 75.6 Å². The third-order valence-electron chi connectivity index (χ3n) is 2.06. The molecule has 5 atom stereocenters. The van der Waals surface area contributed by atoms with Crippen molar-refractivity contribution in [3.63, 3.8) is 0 Å². The maximum atomic E-state index is 9.26. The van der Waals surface area contributed by atoms with E-state index in [-0.39, 0.29) is 0 Å². The fourth-order valence-electron chi connectivity index (χ4n) is 1.24. The van der Waals surface area contributed by atoms with Gasteiger partial charge in [0, 0.05) is 0 Å². The summed E-state index contributed by atoms with van der Waals surface area (Å²) in [7, 11) is 0. The van der Waals surface area contributed by atoms with E-state index in [2.05, 4.69) is 5.92 Å². The molecule has 0 amide bonds. The van der Waals surface area contributed by atoms with E-state index in [1.54, 1.807) is 0 Å². The Morgan fingerprint density at radius 2 is 1.77 bits per heavy atom. The molecule has 4 unspecified atom stereocenters. The van der Waals surface area contributed by atoms with Crippen molar-refractivity contribution >= 4 is 0 Å². The highest BCUT2D eigenvalue weighted by Gasteiger charge is 2.42. The van der Waals surface area contributed by atoms with E-state index >= 15 is 0 Å². The molecule has 0 aliphatic carbocycles. The average molecular weight is 188 g/mol. The Morgan fingerprint density at radius 1 is 1.15 bits per heavy atom. The first-order chi connectivity index (χ1) is 6.11. The van der Waals surface area contributed by atoms with Gasteiger partial charge in [-0.25, -0.2) is 0 Å². The van der Waals surface area contributed by atoms with Crippen molar-refractivity contribution in [2.24, 2.45) is 0 Å². The van der Waals surface area contributed by atoms with Crippen molar-refractivity contribution in [3.05, 3.63) is 0 Å². The van der Waals surface area contributed by atoms with Crippen LogP contribution < -0.4 is 0 Å². The maximum Gasteiger partial charge on any atom is 0.146 e. The summed E-state index contributed by atoms with van der Waals surface area (Å²) in [5, 5.41) is 36.5. The quantitative estimate of drug-likeness (QED) is 0.340. The highest BCUT2D eigenvalue weighted by Crippen LogP contribution is 2.20. The van der Waals surface area contributed by atoms with Crippen LogP contribution in [0.2, 0.25) is 0 Å². The Kier molecular flexibility index (Phi) is 3.25. The summed E-state index contributed by atoms with van der Waals surface area (Å²) in [5.74, 6) is 2.11. The predicted molar refractivity (Wildman–Crippen MR) is 42.6 cm³/mol. The predicted octanol–water partition coefficient (Wildman–Crippen LogP) is -2.54. The number of aliphatic hydroxyl groups is 4. The van der Waals surface area contributed by atoms with Crippen LogP contribution in [0, 0.1) is 12.3 Å². The molecule has 1 fully saturated rings. The van der Waals surface area contributed by atoms with Crippen LogP contribution in [0.15, 0.2) is 0 Å². The number of rotatable bonds is 1. The Morgan fingerprint density at radius 3 is 2.23 bits per heavy atom. The van der Waals surface area contributed by atoms with Crippen LogP contribution in [0.5, 0.6) is 0 Å². The van der Waals surface area contributed by atoms with E-state index in [1.165, 1.54) is 0 Å². The van der Waals surface area contributed by atoms with Crippen molar-refractivity contribution < 1.29 is 25.2 Å². The number of aliphatic hydroxyl groups excluding tert-OH is 4. The van der Waals surface area contributed by atoms with Gasteiger partial charge in [-0.2, -0.15) is 0 Å². The Bertz CT molecular complexity index is 209. The second kappa shape index (κ2) is 4.05. The molecule has 5 heteroatoms.